The Kier molecular flexibility index (Phi) is 4.16. The first-order valence-electron chi connectivity index (χ1n) is 7.72. The smallest absolute Gasteiger partial charge is 0.193 e. The van der Waals surface area contributed by atoms with Crippen LogP contribution in [0.1, 0.15) is 52.2 Å². The van der Waals surface area contributed by atoms with E-state index in [4.69, 9.17) is 5.73 Å². The molecule has 1 saturated carbocycles. The molecule has 2 N–H and O–H groups in total. The van der Waals surface area contributed by atoms with Crippen LogP contribution in [0.2, 0.25) is 0 Å². The molecule has 0 saturated heterocycles. The summed E-state index contributed by atoms with van der Waals surface area (Å²) in [6, 6.07) is 15.9. The highest BCUT2D eigenvalue weighted by molar-refractivity contribution is 6.10. The Labute approximate surface area is 126 Å². The minimum Gasteiger partial charge on any atom is -0.330 e. The van der Waals surface area contributed by atoms with Crippen LogP contribution in [0, 0.1) is 0 Å². The molecular formula is C19H21NO. The lowest BCUT2D eigenvalue weighted by Crippen LogP contribution is -2.14. The molecule has 0 atom stereocenters. The molecule has 0 amide bonds. The number of nitrogens with two attached hydrogens (primary N) is 1. The average Bonchev–Trinajstić information content (AvgIpc) is 2.47. The highest BCUT2D eigenvalue weighted by atomic mass is 16.1. The Hall–Kier alpha value is -1.93. The molecule has 0 bridgehead atoms. The van der Waals surface area contributed by atoms with Crippen molar-refractivity contribution < 1.29 is 4.79 Å². The van der Waals surface area contributed by atoms with Crippen molar-refractivity contribution in [3.63, 3.8) is 0 Å². The Morgan fingerprint density at radius 1 is 1.05 bits per heavy atom. The predicted octanol–water partition coefficient (Wildman–Crippen LogP) is 3.69. The predicted molar refractivity (Wildman–Crippen MR) is 85.7 cm³/mol. The van der Waals surface area contributed by atoms with Gasteiger partial charge in [0.2, 0.25) is 0 Å². The second-order valence-electron chi connectivity index (χ2n) is 5.78. The molecule has 0 aliphatic heterocycles. The summed E-state index contributed by atoms with van der Waals surface area (Å²) in [7, 11) is 0. The summed E-state index contributed by atoms with van der Waals surface area (Å²) in [5.74, 6) is 0.707. The fraction of sp³-hybridized carbons (Fsp3) is 0.316. The highest BCUT2D eigenvalue weighted by Crippen LogP contribution is 2.38. The first-order chi connectivity index (χ1) is 10.3. The number of hydrogen-bond donors (Lipinski definition) is 1. The number of carbonyl (C=O) groups is 1. The lowest BCUT2D eigenvalue weighted by Gasteiger charge is -2.27. The lowest BCUT2D eigenvalue weighted by molar-refractivity contribution is 0.103. The molecule has 1 aliphatic carbocycles. The van der Waals surface area contributed by atoms with Crippen molar-refractivity contribution in [2.24, 2.45) is 5.73 Å². The maximum absolute atomic E-state index is 12.8. The molecule has 108 valence electrons. The monoisotopic (exact) mass is 279 g/mol. The summed E-state index contributed by atoms with van der Waals surface area (Å²) in [6.07, 6.45) is 4.55. The number of rotatable bonds is 5. The second-order valence-corrected chi connectivity index (χ2v) is 5.78. The molecule has 2 aromatic rings. The normalized spacial score (nSPS) is 14.7. The number of hydrogen-bond acceptors (Lipinski definition) is 2. The third kappa shape index (κ3) is 2.91. The Bertz CT molecular complexity index is 626. The van der Waals surface area contributed by atoms with Crippen molar-refractivity contribution in [2.75, 3.05) is 6.54 Å². The molecule has 0 aromatic heterocycles. The van der Waals surface area contributed by atoms with Crippen molar-refractivity contribution in [2.45, 2.75) is 31.6 Å². The van der Waals surface area contributed by atoms with Crippen LogP contribution in [0.5, 0.6) is 0 Å². The Morgan fingerprint density at radius 3 is 2.38 bits per heavy atom. The van der Waals surface area contributed by atoms with Crippen LogP contribution in [-0.2, 0) is 6.42 Å². The number of benzene rings is 2. The first kappa shape index (κ1) is 14.0. The van der Waals surface area contributed by atoms with E-state index in [0.717, 1.165) is 17.5 Å². The van der Waals surface area contributed by atoms with Gasteiger partial charge in [0.25, 0.3) is 0 Å². The van der Waals surface area contributed by atoms with Gasteiger partial charge in [-0.05, 0) is 42.9 Å². The fourth-order valence-electron chi connectivity index (χ4n) is 2.92. The van der Waals surface area contributed by atoms with E-state index in [1.54, 1.807) is 0 Å². The molecule has 0 unspecified atom stereocenters. The molecule has 2 aromatic carbocycles. The maximum atomic E-state index is 12.8. The second kappa shape index (κ2) is 6.23. The fourth-order valence-corrected chi connectivity index (χ4v) is 2.92. The van der Waals surface area contributed by atoms with Crippen molar-refractivity contribution in [1.82, 2.24) is 0 Å². The molecule has 0 spiro atoms. The van der Waals surface area contributed by atoms with E-state index in [-0.39, 0.29) is 5.78 Å². The van der Waals surface area contributed by atoms with Gasteiger partial charge in [0.15, 0.2) is 5.78 Å². The van der Waals surface area contributed by atoms with Crippen LogP contribution in [0.3, 0.4) is 0 Å². The third-order valence-electron chi connectivity index (χ3n) is 4.40. The minimum atomic E-state index is 0.136. The zero-order chi connectivity index (χ0) is 14.7. The van der Waals surface area contributed by atoms with E-state index in [0.29, 0.717) is 12.5 Å². The summed E-state index contributed by atoms with van der Waals surface area (Å²) in [5, 5.41) is 0. The van der Waals surface area contributed by atoms with Crippen LogP contribution in [-0.4, -0.2) is 12.3 Å². The Morgan fingerprint density at radius 2 is 1.76 bits per heavy atom. The maximum Gasteiger partial charge on any atom is 0.193 e. The van der Waals surface area contributed by atoms with Gasteiger partial charge in [0, 0.05) is 11.1 Å². The van der Waals surface area contributed by atoms with Crippen LogP contribution >= 0.6 is 0 Å². The summed E-state index contributed by atoms with van der Waals surface area (Å²) >= 11 is 0. The quantitative estimate of drug-likeness (QED) is 0.848. The highest BCUT2D eigenvalue weighted by Gasteiger charge is 2.24. The van der Waals surface area contributed by atoms with Crippen molar-refractivity contribution in [3.05, 3.63) is 70.8 Å². The van der Waals surface area contributed by atoms with Gasteiger partial charge < -0.3 is 5.73 Å². The van der Waals surface area contributed by atoms with Gasteiger partial charge in [-0.1, -0.05) is 55.0 Å². The van der Waals surface area contributed by atoms with Gasteiger partial charge in [-0.15, -0.1) is 0 Å². The molecule has 0 radical (unpaired) electrons. The molecular weight excluding hydrogens is 258 g/mol. The lowest BCUT2D eigenvalue weighted by atomic mass is 9.77. The largest absolute Gasteiger partial charge is 0.330 e. The van der Waals surface area contributed by atoms with E-state index in [1.165, 1.54) is 30.4 Å². The Balaban J connectivity index is 1.87. The van der Waals surface area contributed by atoms with E-state index in [9.17, 15) is 4.79 Å². The van der Waals surface area contributed by atoms with Gasteiger partial charge in [-0.25, -0.2) is 0 Å². The molecule has 1 fully saturated rings. The van der Waals surface area contributed by atoms with Crippen LogP contribution < -0.4 is 5.73 Å². The van der Waals surface area contributed by atoms with Crippen LogP contribution in [0.25, 0.3) is 0 Å². The molecule has 2 nitrogen and oxygen atoms in total. The van der Waals surface area contributed by atoms with E-state index < -0.39 is 0 Å². The molecule has 0 heterocycles. The van der Waals surface area contributed by atoms with E-state index >= 15 is 0 Å². The van der Waals surface area contributed by atoms with Crippen molar-refractivity contribution >= 4 is 5.78 Å². The van der Waals surface area contributed by atoms with E-state index in [2.05, 4.69) is 6.07 Å². The van der Waals surface area contributed by atoms with Gasteiger partial charge in [0.1, 0.15) is 0 Å². The molecule has 2 heteroatoms. The standard InChI is InChI=1S/C19H21NO/c20-13-12-14-8-10-16(11-9-14)19(21)18-7-2-1-6-17(18)15-4-3-5-15/h1-2,6-11,15H,3-5,12-13,20H2. The summed E-state index contributed by atoms with van der Waals surface area (Å²) in [4.78, 5) is 12.8. The minimum absolute atomic E-state index is 0.136. The van der Waals surface area contributed by atoms with Gasteiger partial charge >= 0.3 is 0 Å². The van der Waals surface area contributed by atoms with Gasteiger partial charge in [-0.2, -0.15) is 0 Å². The average molecular weight is 279 g/mol. The van der Waals surface area contributed by atoms with Crippen molar-refractivity contribution in [1.29, 1.82) is 0 Å². The zero-order valence-electron chi connectivity index (χ0n) is 12.2. The molecule has 3 rings (SSSR count). The number of carbonyl (C=O) groups excluding carboxylic acids is 1. The van der Waals surface area contributed by atoms with E-state index in [1.807, 2.05) is 42.5 Å². The molecule has 21 heavy (non-hydrogen) atoms. The van der Waals surface area contributed by atoms with Gasteiger partial charge in [-0.3, -0.25) is 4.79 Å². The zero-order valence-corrected chi connectivity index (χ0v) is 12.2. The number of ketones is 1. The summed E-state index contributed by atoms with van der Waals surface area (Å²) in [5.41, 5.74) is 9.60. The van der Waals surface area contributed by atoms with Crippen LogP contribution in [0.4, 0.5) is 0 Å². The topological polar surface area (TPSA) is 43.1 Å². The van der Waals surface area contributed by atoms with Gasteiger partial charge in [0.05, 0.1) is 0 Å². The SMILES string of the molecule is NCCc1ccc(C(=O)c2ccccc2C2CCC2)cc1. The summed E-state index contributed by atoms with van der Waals surface area (Å²) in [6.45, 7) is 0.637. The first-order valence-corrected chi connectivity index (χ1v) is 7.72. The van der Waals surface area contributed by atoms with Crippen molar-refractivity contribution in [3.8, 4) is 0 Å². The molecule has 1 aliphatic rings. The van der Waals surface area contributed by atoms with Crippen LogP contribution in [0.15, 0.2) is 48.5 Å². The summed E-state index contributed by atoms with van der Waals surface area (Å²) < 4.78 is 0. The third-order valence-corrected chi connectivity index (χ3v) is 4.40.